The van der Waals surface area contributed by atoms with E-state index in [1.54, 1.807) is 0 Å². The number of hydrogen-bond acceptors (Lipinski definition) is 3. The van der Waals surface area contributed by atoms with Crippen molar-refractivity contribution in [3.8, 4) is 0 Å². The molecule has 0 bridgehead atoms. The zero-order chi connectivity index (χ0) is 11.5. The van der Waals surface area contributed by atoms with Crippen LogP contribution in [0.4, 0.5) is 0 Å². The summed E-state index contributed by atoms with van der Waals surface area (Å²) >= 11 is 6.02. The maximum atomic E-state index is 11.3. The molecule has 1 aliphatic rings. The molecule has 4 heteroatoms. The zero-order valence-corrected chi connectivity index (χ0v) is 10.4. The highest BCUT2D eigenvalue weighted by atomic mass is 35.5. The van der Waals surface area contributed by atoms with Gasteiger partial charge in [-0.2, -0.15) is 0 Å². The minimum Gasteiger partial charge on any atom is -0.466 e. The standard InChI is InChI=1S/C11H19ClO3/c1-4-5-6-7-8-10(2)11(12,15-10)9(13)14-3/h4-8H2,1-3H3. The lowest BCUT2D eigenvalue weighted by Crippen LogP contribution is -2.28. The van der Waals surface area contributed by atoms with Crippen molar-refractivity contribution in [1.29, 1.82) is 0 Å². The molecule has 2 unspecified atom stereocenters. The van der Waals surface area contributed by atoms with Gasteiger partial charge in [-0.25, -0.2) is 4.79 Å². The molecule has 1 heterocycles. The summed E-state index contributed by atoms with van der Waals surface area (Å²) in [6, 6.07) is 0. The van der Waals surface area contributed by atoms with E-state index in [9.17, 15) is 4.79 Å². The van der Waals surface area contributed by atoms with Crippen LogP contribution in [-0.4, -0.2) is 23.7 Å². The summed E-state index contributed by atoms with van der Waals surface area (Å²) in [6.45, 7) is 4.03. The molecule has 0 aromatic rings. The fourth-order valence-corrected chi connectivity index (χ4v) is 2.12. The quantitative estimate of drug-likeness (QED) is 0.307. The number of esters is 1. The van der Waals surface area contributed by atoms with E-state index in [0.717, 1.165) is 19.3 Å². The predicted molar refractivity (Wildman–Crippen MR) is 58.8 cm³/mol. The van der Waals surface area contributed by atoms with Crippen LogP contribution in [0.5, 0.6) is 0 Å². The second-order valence-electron chi connectivity index (χ2n) is 4.23. The third kappa shape index (κ3) is 2.45. The predicted octanol–water partition coefficient (Wildman–Crippen LogP) is 2.85. The Morgan fingerprint density at radius 2 is 2.07 bits per heavy atom. The van der Waals surface area contributed by atoms with Crippen molar-refractivity contribution in [3.05, 3.63) is 0 Å². The second kappa shape index (κ2) is 4.71. The van der Waals surface area contributed by atoms with E-state index in [1.807, 2.05) is 6.92 Å². The molecule has 1 fully saturated rings. The van der Waals surface area contributed by atoms with Crippen LogP contribution in [0.15, 0.2) is 0 Å². The van der Waals surface area contributed by atoms with E-state index < -0.39 is 16.6 Å². The Morgan fingerprint density at radius 3 is 2.60 bits per heavy atom. The van der Waals surface area contributed by atoms with Crippen molar-refractivity contribution >= 4 is 17.6 Å². The molecule has 3 nitrogen and oxygen atoms in total. The third-order valence-electron chi connectivity index (χ3n) is 2.96. The van der Waals surface area contributed by atoms with Crippen LogP contribution in [0.2, 0.25) is 0 Å². The van der Waals surface area contributed by atoms with Gasteiger partial charge in [0.15, 0.2) is 0 Å². The summed E-state index contributed by atoms with van der Waals surface area (Å²) in [5.41, 5.74) is -0.532. The number of unbranched alkanes of at least 4 members (excludes halogenated alkanes) is 3. The molecule has 15 heavy (non-hydrogen) atoms. The number of hydrogen-bond donors (Lipinski definition) is 0. The van der Waals surface area contributed by atoms with Gasteiger partial charge in [0, 0.05) is 0 Å². The van der Waals surface area contributed by atoms with Gasteiger partial charge in [-0.1, -0.05) is 44.2 Å². The molecule has 0 aromatic heterocycles. The van der Waals surface area contributed by atoms with Crippen molar-refractivity contribution in [2.24, 2.45) is 0 Å². The second-order valence-corrected chi connectivity index (χ2v) is 4.76. The lowest BCUT2D eigenvalue weighted by Gasteiger charge is -2.08. The molecule has 0 radical (unpaired) electrons. The molecule has 0 amide bonds. The minimum atomic E-state index is -1.23. The largest absolute Gasteiger partial charge is 0.466 e. The van der Waals surface area contributed by atoms with Crippen molar-refractivity contribution in [2.75, 3.05) is 7.11 Å². The maximum Gasteiger partial charge on any atom is 0.357 e. The fourth-order valence-electron chi connectivity index (χ4n) is 1.77. The molecule has 1 aliphatic heterocycles. The van der Waals surface area contributed by atoms with Crippen LogP contribution in [0.25, 0.3) is 0 Å². The lowest BCUT2D eigenvalue weighted by atomic mass is 9.99. The first-order chi connectivity index (χ1) is 7.00. The Morgan fingerprint density at radius 1 is 1.40 bits per heavy atom. The number of carbonyl (C=O) groups excluding carboxylic acids is 1. The SMILES string of the molecule is CCCCCCC1(C)OC1(Cl)C(=O)OC. The molecule has 2 atom stereocenters. The summed E-state index contributed by atoms with van der Waals surface area (Å²) in [6.07, 6.45) is 5.41. The molecule has 1 rings (SSSR count). The van der Waals surface area contributed by atoms with Gasteiger partial charge in [-0.15, -0.1) is 0 Å². The highest BCUT2D eigenvalue weighted by molar-refractivity contribution is 6.35. The Labute approximate surface area is 96.1 Å². The van der Waals surface area contributed by atoms with Crippen molar-refractivity contribution in [1.82, 2.24) is 0 Å². The van der Waals surface area contributed by atoms with E-state index >= 15 is 0 Å². The van der Waals surface area contributed by atoms with Gasteiger partial charge in [0.2, 0.25) is 0 Å². The van der Waals surface area contributed by atoms with Gasteiger partial charge < -0.3 is 9.47 Å². The van der Waals surface area contributed by atoms with E-state index in [-0.39, 0.29) is 0 Å². The van der Waals surface area contributed by atoms with Crippen LogP contribution in [0, 0.1) is 0 Å². The van der Waals surface area contributed by atoms with Crippen LogP contribution >= 0.6 is 11.6 Å². The van der Waals surface area contributed by atoms with E-state index in [1.165, 1.54) is 20.0 Å². The van der Waals surface area contributed by atoms with Gasteiger partial charge in [-0.3, -0.25) is 0 Å². The van der Waals surface area contributed by atoms with Crippen molar-refractivity contribution in [3.63, 3.8) is 0 Å². The normalized spacial score (nSPS) is 33.9. The topological polar surface area (TPSA) is 38.8 Å². The van der Waals surface area contributed by atoms with Crippen LogP contribution in [-0.2, 0) is 14.3 Å². The summed E-state index contributed by atoms with van der Waals surface area (Å²) in [5, 5.41) is -1.23. The smallest absolute Gasteiger partial charge is 0.357 e. The third-order valence-corrected chi connectivity index (χ3v) is 3.59. The fraction of sp³-hybridized carbons (Fsp3) is 0.909. The summed E-state index contributed by atoms with van der Waals surface area (Å²) in [5.74, 6) is -0.484. The molecular formula is C11H19ClO3. The number of epoxide rings is 1. The monoisotopic (exact) mass is 234 g/mol. The van der Waals surface area contributed by atoms with Crippen LogP contribution in [0.1, 0.15) is 46.0 Å². The Hall–Kier alpha value is -0.280. The Bertz CT molecular complexity index is 244. The number of methoxy groups -OCH3 is 1. The highest BCUT2D eigenvalue weighted by Crippen LogP contribution is 2.54. The first-order valence-corrected chi connectivity index (χ1v) is 5.85. The Kier molecular flexibility index (Phi) is 4.01. The van der Waals surface area contributed by atoms with E-state index in [4.69, 9.17) is 16.3 Å². The first kappa shape index (κ1) is 12.8. The zero-order valence-electron chi connectivity index (χ0n) is 9.64. The van der Waals surface area contributed by atoms with Gasteiger partial charge in [0.25, 0.3) is 5.06 Å². The van der Waals surface area contributed by atoms with Gasteiger partial charge >= 0.3 is 5.97 Å². The maximum absolute atomic E-state index is 11.3. The average Bonchev–Trinajstić information content (AvgIpc) is 2.77. The number of halogens is 1. The molecule has 88 valence electrons. The number of alkyl halides is 1. The minimum absolute atomic E-state index is 0.484. The van der Waals surface area contributed by atoms with E-state index in [0.29, 0.717) is 0 Å². The summed E-state index contributed by atoms with van der Waals surface area (Å²) in [7, 11) is 1.33. The summed E-state index contributed by atoms with van der Waals surface area (Å²) in [4.78, 5) is 11.3. The summed E-state index contributed by atoms with van der Waals surface area (Å²) < 4.78 is 9.92. The number of rotatable bonds is 6. The molecule has 0 aromatic carbocycles. The molecule has 1 saturated heterocycles. The molecule has 0 aliphatic carbocycles. The van der Waals surface area contributed by atoms with Gasteiger partial charge in [0.1, 0.15) is 5.60 Å². The lowest BCUT2D eigenvalue weighted by molar-refractivity contribution is -0.143. The van der Waals surface area contributed by atoms with Gasteiger partial charge in [0.05, 0.1) is 7.11 Å². The average molecular weight is 235 g/mol. The van der Waals surface area contributed by atoms with Crippen LogP contribution < -0.4 is 0 Å². The van der Waals surface area contributed by atoms with Crippen molar-refractivity contribution < 1.29 is 14.3 Å². The first-order valence-electron chi connectivity index (χ1n) is 5.47. The molecular weight excluding hydrogens is 216 g/mol. The number of carbonyl (C=O) groups is 1. The molecule has 0 N–H and O–H groups in total. The van der Waals surface area contributed by atoms with E-state index in [2.05, 4.69) is 11.7 Å². The Balaban J connectivity index is 2.34. The molecule has 0 saturated carbocycles. The van der Waals surface area contributed by atoms with Crippen LogP contribution in [0.3, 0.4) is 0 Å². The number of ether oxygens (including phenoxy) is 2. The van der Waals surface area contributed by atoms with Crippen molar-refractivity contribution in [2.45, 2.75) is 56.6 Å². The van der Waals surface area contributed by atoms with Gasteiger partial charge in [-0.05, 0) is 13.3 Å². The highest BCUT2D eigenvalue weighted by Gasteiger charge is 2.72. The molecule has 0 spiro atoms.